The second-order valence-corrected chi connectivity index (χ2v) is 5.65. The number of amides is 1. The number of nitro groups is 1. The number of rotatable bonds is 3. The van der Waals surface area contributed by atoms with Gasteiger partial charge >= 0.3 is 6.09 Å². The first kappa shape index (κ1) is 15.2. The van der Waals surface area contributed by atoms with Crippen LogP contribution in [-0.4, -0.2) is 16.1 Å². The summed E-state index contributed by atoms with van der Waals surface area (Å²) in [6.07, 6.45) is -1.24. The summed E-state index contributed by atoms with van der Waals surface area (Å²) in [6.45, 7) is 5.37. The fraction of sp³-hybridized carbons (Fsp3) is 0.417. The Labute approximate surface area is 115 Å². The van der Waals surface area contributed by atoms with E-state index in [1.165, 1.54) is 18.2 Å². The molecule has 104 valence electrons. The zero-order chi connectivity index (χ0) is 14.8. The summed E-state index contributed by atoms with van der Waals surface area (Å²) < 4.78 is 0. The van der Waals surface area contributed by atoms with Gasteiger partial charge in [-0.3, -0.25) is 10.1 Å². The van der Waals surface area contributed by atoms with Crippen LogP contribution in [0.1, 0.15) is 32.4 Å². The van der Waals surface area contributed by atoms with Crippen LogP contribution in [0.5, 0.6) is 0 Å². The molecule has 7 heteroatoms. The molecule has 19 heavy (non-hydrogen) atoms. The lowest BCUT2D eigenvalue weighted by Gasteiger charge is -2.30. The largest absolute Gasteiger partial charge is 0.465 e. The Kier molecular flexibility index (Phi) is 4.36. The monoisotopic (exact) mass is 286 g/mol. The SMILES string of the molecule is CC(C)(C)C(NC(=O)O)c1cc(Cl)ccc1[N+](=O)[O-]. The summed E-state index contributed by atoms with van der Waals surface area (Å²) in [4.78, 5) is 21.4. The van der Waals surface area contributed by atoms with Crippen LogP contribution in [0.2, 0.25) is 5.02 Å². The van der Waals surface area contributed by atoms with Crippen molar-refractivity contribution in [2.75, 3.05) is 0 Å². The molecule has 0 saturated carbocycles. The molecule has 6 nitrogen and oxygen atoms in total. The number of benzene rings is 1. The van der Waals surface area contributed by atoms with Crippen LogP contribution in [-0.2, 0) is 0 Å². The van der Waals surface area contributed by atoms with Crippen molar-refractivity contribution in [2.24, 2.45) is 5.41 Å². The fourth-order valence-corrected chi connectivity index (χ4v) is 1.99. The van der Waals surface area contributed by atoms with Gasteiger partial charge in [0.1, 0.15) is 0 Å². The maximum absolute atomic E-state index is 11.0. The summed E-state index contributed by atoms with van der Waals surface area (Å²) in [5.74, 6) is 0. The molecule has 0 aliphatic rings. The average molecular weight is 287 g/mol. The second-order valence-electron chi connectivity index (χ2n) is 5.21. The van der Waals surface area contributed by atoms with Crippen molar-refractivity contribution >= 4 is 23.4 Å². The third-order valence-corrected chi connectivity index (χ3v) is 2.87. The van der Waals surface area contributed by atoms with E-state index in [-0.39, 0.29) is 11.3 Å². The van der Waals surface area contributed by atoms with Crippen LogP contribution in [0.25, 0.3) is 0 Å². The summed E-state index contributed by atoms with van der Waals surface area (Å²) in [6, 6.07) is 3.37. The molecule has 0 spiro atoms. The maximum atomic E-state index is 11.0. The minimum absolute atomic E-state index is 0.155. The van der Waals surface area contributed by atoms with E-state index < -0.39 is 22.5 Å². The van der Waals surface area contributed by atoms with Crippen LogP contribution in [0.4, 0.5) is 10.5 Å². The number of halogens is 1. The lowest BCUT2D eigenvalue weighted by Crippen LogP contribution is -2.36. The Morgan fingerprint density at radius 1 is 1.47 bits per heavy atom. The van der Waals surface area contributed by atoms with Crippen molar-refractivity contribution in [2.45, 2.75) is 26.8 Å². The van der Waals surface area contributed by atoms with Crippen LogP contribution >= 0.6 is 11.6 Å². The summed E-state index contributed by atoms with van der Waals surface area (Å²) >= 11 is 5.85. The highest BCUT2D eigenvalue weighted by Crippen LogP contribution is 2.38. The van der Waals surface area contributed by atoms with Crippen molar-refractivity contribution in [3.63, 3.8) is 0 Å². The lowest BCUT2D eigenvalue weighted by molar-refractivity contribution is -0.385. The lowest BCUT2D eigenvalue weighted by atomic mass is 9.82. The molecule has 0 aliphatic carbocycles. The minimum atomic E-state index is -1.24. The first-order valence-corrected chi connectivity index (χ1v) is 5.94. The molecular weight excluding hydrogens is 272 g/mol. The van der Waals surface area contributed by atoms with Gasteiger partial charge < -0.3 is 10.4 Å². The van der Waals surface area contributed by atoms with Gasteiger partial charge in [-0.05, 0) is 17.5 Å². The van der Waals surface area contributed by atoms with Crippen LogP contribution in [0.3, 0.4) is 0 Å². The van der Waals surface area contributed by atoms with E-state index in [0.29, 0.717) is 5.02 Å². The number of carbonyl (C=O) groups is 1. The van der Waals surface area contributed by atoms with E-state index in [9.17, 15) is 14.9 Å². The van der Waals surface area contributed by atoms with Crippen molar-refractivity contribution in [1.29, 1.82) is 0 Å². The molecule has 1 unspecified atom stereocenters. The van der Waals surface area contributed by atoms with Crippen molar-refractivity contribution in [1.82, 2.24) is 5.32 Å². The molecule has 1 aromatic carbocycles. The molecule has 2 N–H and O–H groups in total. The third-order valence-electron chi connectivity index (χ3n) is 2.63. The zero-order valence-corrected chi connectivity index (χ0v) is 11.6. The average Bonchev–Trinajstić information content (AvgIpc) is 2.23. The molecular formula is C12H15ClN2O4. The fourth-order valence-electron chi connectivity index (χ4n) is 1.81. The van der Waals surface area contributed by atoms with Crippen LogP contribution in [0.15, 0.2) is 18.2 Å². The number of hydrogen-bond donors (Lipinski definition) is 2. The van der Waals surface area contributed by atoms with Gasteiger partial charge in [-0.1, -0.05) is 32.4 Å². The van der Waals surface area contributed by atoms with Gasteiger partial charge in [0.2, 0.25) is 0 Å². The van der Waals surface area contributed by atoms with Gasteiger partial charge in [0.25, 0.3) is 5.69 Å². The molecule has 0 aliphatic heterocycles. The van der Waals surface area contributed by atoms with E-state index in [1.807, 2.05) is 0 Å². The summed E-state index contributed by atoms with van der Waals surface area (Å²) in [7, 11) is 0. The molecule has 0 radical (unpaired) electrons. The maximum Gasteiger partial charge on any atom is 0.405 e. The predicted octanol–water partition coefficient (Wildman–Crippen LogP) is 3.60. The number of nitrogens with one attached hydrogen (secondary N) is 1. The molecule has 1 rings (SSSR count). The van der Waals surface area contributed by atoms with Crippen LogP contribution in [0, 0.1) is 15.5 Å². The molecule has 0 saturated heterocycles. The first-order valence-electron chi connectivity index (χ1n) is 5.56. The van der Waals surface area contributed by atoms with Gasteiger partial charge in [0, 0.05) is 11.1 Å². The Hall–Kier alpha value is -1.82. The minimum Gasteiger partial charge on any atom is -0.465 e. The van der Waals surface area contributed by atoms with Gasteiger partial charge in [-0.25, -0.2) is 4.79 Å². The molecule has 0 aromatic heterocycles. The molecule has 0 heterocycles. The van der Waals surface area contributed by atoms with E-state index in [0.717, 1.165) is 0 Å². The van der Waals surface area contributed by atoms with E-state index in [1.54, 1.807) is 20.8 Å². The molecule has 1 amide bonds. The number of nitro benzene ring substituents is 1. The topological polar surface area (TPSA) is 92.5 Å². The number of carboxylic acid groups (broad SMARTS) is 1. The quantitative estimate of drug-likeness (QED) is 0.656. The number of nitrogens with zero attached hydrogens (tertiary/aromatic N) is 1. The van der Waals surface area contributed by atoms with Gasteiger partial charge in [-0.2, -0.15) is 0 Å². The summed E-state index contributed by atoms with van der Waals surface area (Å²) in [5, 5.41) is 22.6. The molecule has 0 bridgehead atoms. The van der Waals surface area contributed by atoms with Crippen molar-refractivity contribution in [3.8, 4) is 0 Å². The Morgan fingerprint density at radius 2 is 2.05 bits per heavy atom. The molecule has 1 aromatic rings. The predicted molar refractivity (Wildman–Crippen MR) is 71.5 cm³/mol. The van der Waals surface area contributed by atoms with Gasteiger partial charge in [-0.15, -0.1) is 0 Å². The normalized spacial score (nSPS) is 12.8. The van der Waals surface area contributed by atoms with Gasteiger partial charge in [0.15, 0.2) is 0 Å². The van der Waals surface area contributed by atoms with E-state index >= 15 is 0 Å². The third kappa shape index (κ3) is 3.82. The highest BCUT2D eigenvalue weighted by Gasteiger charge is 2.33. The second kappa shape index (κ2) is 5.44. The standard InChI is InChI=1S/C12H15ClN2O4/c1-12(2,3)10(14-11(16)17)8-6-7(13)4-5-9(8)15(18)19/h4-6,10,14H,1-3H3,(H,16,17). The highest BCUT2D eigenvalue weighted by atomic mass is 35.5. The van der Waals surface area contributed by atoms with Crippen molar-refractivity contribution in [3.05, 3.63) is 38.9 Å². The van der Waals surface area contributed by atoms with E-state index in [2.05, 4.69) is 5.32 Å². The van der Waals surface area contributed by atoms with Gasteiger partial charge in [0.05, 0.1) is 16.5 Å². The molecule has 0 fully saturated rings. The smallest absolute Gasteiger partial charge is 0.405 e. The van der Waals surface area contributed by atoms with Crippen molar-refractivity contribution < 1.29 is 14.8 Å². The summed E-state index contributed by atoms with van der Waals surface area (Å²) in [5.41, 5.74) is -0.432. The molecule has 1 atom stereocenters. The zero-order valence-electron chi connectivity index (χ0n) is 10.8. The Balaban J connectivity index is 3.40. The Bertz CT molecular complexity index is 511. The first-order chi connectivity index (χ1) is 8.62. The number of hydrogen-bond acceptors (Lipinski definition) is 3. The highest BCUT2D eigenvalue weighted by molar-refractivity contribution is 6.30. The Morgan fingerprint density at radius 3 is 2.47 bits per heavy atom. The van der Waals surface area contributed by atoms with E-state index in [4.69, 9.17) is 16.7 Å². The van der Waals surface area contributed by atoms with Crippen LogP contribution < -0.4 is 5.32 Å².